The number of piperidine rings is 1. The fourth-order valence-corrected chi connectivity index (χ4v) is 2.26. The summed E-state index contributed by atoms with van der Waals surface area (Å²) in [6, 6.07) is 2.00. The topological polar surface area (TPSA) is 61.3 Å². The fourth-order valence-electron chi connectivity index (χ4n) is 2.26. The molecule has 1 fully saturated rings. The van der Waals surface area contributed by atoms with Gasteiger partial charge in [-0.2, -0.15) is 0 Å². The second-order valence-corrected chi connectivity index (χ2v) is 6.25. The maximum atomic E-state index is 9.56. The summed E-state index contributed by atoms with van der Waals surface area (Å²) in [6.45, 7) is 9.96. The molecule has 1 aromatic rings. The third kappa shape index (κ3) is 4.06. The molecule has 1 aliphatic rings. The average molecular weight is 264 g/mol. The smallest absolute Gasteiger partial charge is 0.134 e. The largest absolute Gasteiger partial charge is 0.393 e. The Hall–Kier alpha value is -1.36. The highest BCUT2D eigenvalue weighted by atomic mass is 16.3. The average Bonchev–Trinajstić information content (AvgIpc) is 2.26. The van der Waals surface area contributed by atoms with Crippen LogP contribution in [0.15, 0.2) is 6.07 Å². The molecule has 19 heavy (non-hydrogen) atoms. The van der Waals surface area contributed by atoms with Crippen molar-refractivity contribution >= 4 is 11.6 Å². The van der Waals surface area contributed by atoms with E-state index in [-0.39, 0.29) is 11.6 Å². The molecule has 5 heteroatoms. The van der Waals surface area contributed by atoms with E-state index in [1.807, 2.05) is 13.0 Å². The first-order chi connectivity index (χ1) is 8.83. The minimum Gasteiger partial charge on any atom is -0.393 e. The van der Waals surface area contributed by atoms with Crippen LogP contribution in [0.2, 0.25) is 0 Å². The van der Waals surface area contributed by atoms with Crippen molar-refractivity contribution in [3.8, 4) is 0 Å². The lowest BCUT2D eigenvalue weighted by Gasteiger charge is -2.31. The Morgan fingerprint density at radius 3 is 2.47 bits per heavy atom. The number of rotatable bonds is 2. The van der Waals surface area contributed by atoms with Gasteiger partial charge in [0.2, 0.25) is 0 Å². The van der Waals surface area contributed by atoms with Crippen LogP contribution in [0.1, 0.15) is 39.4 Å². The van der Waals surface area contributed by atoms with Crippen molar-refractivity contribution in [2.75, 3.05) is 23.3 Å². The molecule has 1 aliphatic heterocycles. The fraction of sp³-hybridized carbons (Fsp3) is 0.714. The molecule has 0 atom stereocenters. The van der Waals surface area contributed by atoms with Gasteiger partial charge in [-0.05, 0) is 40.5 Å². The quantitative estimate of drug-likeness (QED) is 0.855. The van der Waals surface area contributed by atoms with Crippen molar-refractivity contribution in [3.63, 3.8) is 0 Å². The summed E-state index contributed by atoms with van der Waals surface area (Å²) in [5, 5.41) is 12.9. The van der Waals surface area contributed by atoms with Crippen LogP contribution in [0.25, 0.3) is 0 Å². The second kappa shape index (κ2) is 5.33. The molecule has 106 valence electrons. The van der Waals surface area contributed by atoms with Crippen molar-refractivity contribution < 1.29 is 5.11 Å². The Bertz CT molecular complexity index is 434. The molecular formula is C14H24N4O. The third-order valence-electron chi connectivity index (χ3n) is 3.12. The van der Waals surface area contributed by atoms with Crippen LogP contribution in [-0.4, -0.2) is 39.8 Å². The lowest BCUT2D eigenvalue weighted by Crippen LogP contribution is -2.36. The van der Waals surface area contributed by atoms with E-state index in [9.17, 15) is 5.11 Å². The zero-order valence-corrected chi connectivity index (χ0v) is 12.3. The maximum Gasteiger partial charge on any atom is 0.134 e. The summed E-state index contributed by atoms with van der Waals surface area (Å²) in [7, 11) is 0. The number of hydrogen-bond acceptors (Lipinski definition) is 5. The number of aliphatic hydroxyl groups excluding tert-OH is 1. The van der Waals surface area contributed by atoms with Crippen LogP contribution < -0.4 is 10.2 Å². The van der Waals surface area contributed by atoms with Gasteiger partial charge < -0.3 is 15.3 Å². The highest BCUT2D eigenvalue weighted by Crippen LogP contribution is 2.22. The van der Waals surface area contributed by atoms with E-state index in [1.54, 1.807) is 0 Å². The Labute approximate surface area is 115 Å². The molecule has 0 radical (unpaired) electrons. The number of aliphatic hydroxyl groups is 1. The predicted molar refractivity (Wildman–Crippen MR) is 77.6 cm³/mol. The van der Waals surface area contributed by atoms with Crippen molar-refractivity contribution in [1.82, 2.24) is 9.97 Å². The van der Waals surface area contributed by atoms with Crippen molar-refractivity contribution in [2.24, 2.45) is 0 Å². The molecule has 2 N–H and O–H groups in total. The Kier molecular flexibility index (Phi) is 3.94. The number of nitrogens with one attached hydrogen (secondary N) is 1. The predicted octanol–water partition coefficient (Wildman–Crippen LogP) is 1.96. The minimum absolute atomic E-state index is 0.0177. The van der Waals surface area contributed by atoms with Crippen LogP contribution in [0, 0.1) is 6.92 Å². The van der Waals surface area contributed by atoms with Crippen LogP contribution in [-0.2, 0) is 0 Å². The van der Waals surface area contributed by atoms with Gasteiger partial charge in [-0.3, -0.25) is 0 Å². The second-order valence-electron chi connectivity index (χ2n) is 6.25. The van der Waals surface area contributed by atoms with Crippen molar-refractivity contribution in [3.05, 3.63) is 11.9 Å². The van der Waals surface area contributed by atoms with Crippen LogP contribution in [0.3, 0.4) is 0 Å². The lowest BCUT2D eigenvalue weighted by molar-refractivity contribution is 0.145. The van der Waals surface area contributed by atoms with E-state index in [0.717, 1.165) is 43.4 Å². The van der Waals surface area contributed by atoms with Gasteiger partial charge in [-0.1, -0.05) is 0 Å². The summed E-state index contributed by atoms with van der Waals surface area (Å²) < 4.78 is 0. The number of nitrogens with zero attached hydrogens (tertiary/aromatic N) is 3. The molecule has 0 aromatic carbocycles. The standard InChI is InChI=1S/C14H24N4O/c1-10-15-12(17-14(2,3)4)9-13(16-10)18-7-5-11(19)6-8-18/h9,11,19H,5-8H2,1-4H3,(H,15,16,17). The summed E-state index contributed by atoms with van der Waals surface area (Å²) in [6.07, 6.45) is 1.46. The first kappa shape index (κ1) is 14.1. The highest BCUT2D eigenvalue weighted by Gasteiger charge is 2.19. The van der Waals surface area contributed by atoms with Gasteiger partial charge in [-0.25, -0.2) is 9.97 Å². The SMILES string of the molecule is Cc1nc(NC(C)(C)C)cc(N2CCC(O)CC2)n1. The molecule has 2 rings (SSSR count). The van der Waals surface area contributed by atoms with Crippen LogP contribution >= 0.6 is 0 Å². The van der Waals surface area contributed by atoms with Gasteiger partial charge >= 0.3 is 0 Å². The van der Waals surface area contributed by atoms with Gasteiger partial charge in [0.1, 0.15) is 17.5 Å². The first-order valence-corrected chi connectivity index (χ1v) is 6.90. The Morgan fingerprint density at radius 1 is 1.26 bits per heavy atom. The lowest BCUT2D eigenvalue weighted by atomic mass is 10.1. The normalized spacial score (nSPS) is 17.6. The molecule has 5 nitrogen and oxygen atoms in total. The summed E-state index contributed by atoms with van der Waals surface area (Å²) in [5.74, 6) is 2.59. The molecule has 0 aliphatic carbocycles. The van der Waals surface area contributed by atoms with Gasteiger partial charge in [0.15, 0.2) is 0 Å². The van der Waals surface area contributed by atoms with E-state index in [4.69, 9.17) is 0 Å². The van der Waals surface area contributed by atoms with Crippen molar-refractivity contribution in [1.29, 1.82) is 0 Å². The number of hydrogen-bond donors (Lipinski definition) is 2. The zero-order chi connectivity index (χ0) is 14.0. The Morgan fingerprint density at radius 2 is 1.89 bits per heavy atom. The van der Waals surface area contributed by atoms with E-state index in [2.05, 4.69) is 41.0 Å². The molecule has 2 heterocycles. The van der Waals surface area contributed by atoms with Gasteiger partial charge in [-0.15, -0.1) is 0 Å². The Balaban J connectivity index is 2.17. The zero-order valence-electron chi connectivity index (χ0n) is 12.3. The van der Waals surface area contributed by atoms with Gasteiger partial charge in [0.25, 0.3) is 0 Å². The molecule has 1 saturated heterocycles. The van der Waals surface area contributed by atoms with E-state index >= 15 is 0 Å². The number of aryl methyl sites for hydroxylation is 1. The molecular weight excluding hydrogens is 240 g/mol. The van der Waals surface area contributed by atoms with Crippen LogP contribution in [0.5, 0.6) is 0 Å². The van der Waals surface area contributed by atoms with E-state index in [1.165, 1.54) is 0 Å². The number of anilines is 2. The van der Waals surface area contributed by atoms with E-state index in [0.29, 0.717) is 0 Å². The van der Waals surface area contributed by atoms with Crippen LogP contribution in [0.4, 0.5) is 11.6 Å². The van der Waals surface area contributed by atoms with Gasteiger partial charge in [0.05, 0.1) is 6.10 Å². The summed E-state index contributed by atoms with van der Waals surface area (Å²) >= 11 is 0. The highest BCUT2D eigenvalue weighted by molar-refractivity contribution is 5.50. The molecule has 1 aromatic heterocycles. The maximum absolute atomic E-state index is 9.56. The molecule has 0 bridgehead atoms. The monoisotopic (exact) mass is 264 g/mol. The summed E-state index contributed by atoms with van der Waals surface area (Å²) in [4.78, 5) is 11.2. The number of aromatic nitrogens is 2. The first-order valence-electron chi connectivity index (χ1n) is 6.90. The molecule has 0 amide bonds. The van der Waals surface area contributed by atoms with Crippen molar-refractivity contribution in [2.45, 2.75) is 52.2 Å². The van der Waals surface area contributed by atoms with Gasteiger partial charge in [0, 0.05) is 24.7 Å². The summed E-state index contributed by atoms with van der Waals surface area (Å²) in [5.41, 5.74) is -0.0177. The molecule has 0 spiro atoms. The van der Waals surface area contributed by atoms with E-state index < -0.39 is 0 Å². The molecule has 0 saturated carbocycles. The minimum atomic E-state index is -0.161. The molecule has 0 unspecified atom stereocenters. The third-order valence-corrected chi connectivity index (χ3v) is 3.12.